The van der Waals surface area contributed by atoms with Gasteiger partial charge >= 0.3 is 0 Å². The van der Waals surface area contributed by atoms with Gasteiger partial charge in [-0.25, -0.2) is 8.42 Å². The van der Waals surface area contributed by atoms with Crippen molar-refractivity contribution in [3.05, 3.63) is 53.7 Å². The molecule has 5 rings (SSSR count). The van der Waals surface area contributed by atoms with Gasteiger partial charge in [0.1, 0.15) is 9.84 Å². The van der Waals surface area contributed by atoms with Gasteiger partial charge in [-0.05, 0) is 48.4 Å². The smallest absolute Gasteiger partial charge is 0.250 e. The highest BCUT2D eigenvalue weighted by Gasteiger charge is 2.35. The van der Waals surface area contributed by atoms with Crippen molar-refractivity contribution < 1.29 is 18.0 Å². The largest absolute Gasteiger partial charge is 0.382 e. The highest BCUT2D eigenvalue weighted by atomic mass is 32.2. The summed E-state index contributed by atoms with van der Waals surface area (Å²) >= 11 is 0. The van der Waals surface area contributed by atoms with Crippen molar-refractivity contribution in [1.82, 2.24) is 4.57 Å². The van der Waals surface area contributed by atoms with Crippen molar-refractivity contribution in [2.75, 3.05) is 16.8 Å². The van der Waals surface area contributed by atoms with Crippen LogP contribution >= 0.6 is 0 Å². The first-order valence-corrected chi connectivity index (χ1v) is 13.4. The van der Waals surface area contributed by atoms with Crippen LogP contribution in [0.15, 0.2) is 42.5 Å². The molecule has 0 radical (unpaired) electrons. The molecule has 3 aromatic rings. The summed E-state index contributed by atoms with van der Waals surface area (Å²) in [4.78, 5) is 25.3. The molecule has 3 N–H and O–H groups in total. The number of fused-ring (bicyclic) bond motifs is 3. The standard InChI is InChI=1S/C26H29N3O4S/c1-26(2)14-22-24(19-5-3-4-6-21(19)29(22)23(30)15-26)16-7-8-18(25(27)31)20(13-16)28-17-9-11-34(32,33)12-10-17/h3-8,13,17,28H,9-12,14-15H2,1-2H3,(H2,27,31). The minimum Gasteiger partial charge on any atom is -0.382 e. The molecule has 0 spiro atoms. The average Bonchev–Trinajstić information content (AvgIpc) is 3.08. The Morgan fingerprint density at radius 3 is 2.50 bits per heavy atom. The minimum absolute atomic E-state index is 0.0583. The fourth-order valence-electron chi connectivity index (χ4n) is 5.36. The summed E-state index contributed by atoms with van der Waals surface area (Å²) in [6.45, 7) is 4.21. The first kappa shape index (κ1) is 22.7. The van der Waals surface area contributed by atoms with Gasteiger partial charge in [0.2, 0.25) is 5.91 Å². The fourth-order valence-corrected chi connectivity index (χ4v) is 6.85. The lowest BCUT2D eigenvalue weighted by Gasteiger charge is -2.30. The van der Waals surface area contributed by atoms with Crippen LogP contribution in [-0.2, 0) is 16.3 Å². The monoisotopic (exact) mass is 479 g/mol. The molecular weight excluding hydrogens is 450 g/mol. The maximum absolute atomic E-state index is 13.1. The molecule has 2 aliphatic rings. The van der Waals surface area contributed by atoms with Crippen molar-refractivity contribution in [3.63, 3.8) is 0 Å². The number of anilines is 1. The third-order valence-electron chi connectivity index (χ3n) is 6.99. The first-order chi connectivity index (χ1) is 16.0. The number of carbonyl (C=O) groups is 2. The Labute approximate surface area is 199 Å². The predicted octanol–water partition coefficient (Wildman–Crippen LogP) is 4.01. The van der Waals surface area contributed by atoms with Crippen molar-refractivity contribution in [3.8, 4) is 11.1 Å². The van der Waals surface area contributed by atoms with Crippen molar-refractivity contribution in [2.24, 2.45) is 11.1 Å². The molecule has 1 aromatic heterocycles. The zero-order valence-electron chi connectivity index (χ0n) is 19.4. The topological polar surface area (TPSA) is 111 Å². The molecule has 1 amide bonds. The van der Waals surface area contributed by atoms with Crippen LogP contribution in [0.2, 0.25) is 0 Å². The number of benzene rings is 2. The fraction of sp³-hybridized carbons (Fsp3) is 0.385. The zero-order valence-corrected chi connectivity index (χ0v) is 20.2. The summed E-state index contributed by atoms with van der Waals surface area (Å²) < 4.78 is 25.5. The van der Waals surface area contributed by atoms with Gasteiger partial charge in [-0.15, -0.1) is 0 Å². The molecule has 178 valence electrons. The first-order valence-electron chi connectivity index (χ1n) is 11.6. The van der Waals surface area contributed by atoms with Crippen LogP contribution in [0, 0.1) is 5.41 Å². The van der Waals surface area contributed by atoms with Crippen LogP contribution in [0.5, 0.6) is 0 Å². The number of hydrogen-bond donors (Lipinski definition) is 2. The Balaban J connectivity index is 1.64. The molecule has 34 heavy (non-hydrogen) atoms. The second kappa shape index (κ2) is 7.98. The zero-order chi connectivity index (χ0) is 24.3. The molecule has 0 saturated carbocycles. The number of sulfone groups is 1. The van der Waals surface area contributed by atoms with Gasteiger partial charge in [0.25, 0.3) is 5.91 Å². The number of para-hydroxylation sites is 1. The predicted molar refractivity (Wildman–Crippen MR) is 134 cm³/mol. The number of nitrogens with one attached hydrogen (secondary N) is 1. The minimum atomic E-state index is -3.00. The third-order valence-corrected chi connectivity index (χ3v) is 8.70. The average molecular weight is 480 g/mol. The lowest BCUT2D eigenvalue weighted by molar-refractivity contribution is 0.0816. The van der Waals surface area contributed by atoms with Crippen LogP contribution in [0.1, 0.15) is 54.0 Å². The van der Waals surface area contributed by atoms with Crippen LogP contribution < -0.4 is 11.1 Å². The molecule has 1 saturated heterocycles. The Morgan fingerprint density at radius 2 is 1.79 bits per heavy atom. The van der Waals surface area contributed by atoms with Gasteiger partial charge < -0.3 is 11.1 Å². The van der Waals surface area contributed by atoms with E-state index in [9.17, 15) is 18.0 Å². The highest BCUT2D eigenvalue weighted by molar-refractivity contribution is 7.91. The van der Waals surface area contributed by atoms with Crippen LogP contribution in [-0.4, -0.2) is 42.3 Å². The molecule has 0 aliphatic carbocycles. The van der Waals surface area contributed by atoms with E-state index in [-0.39, 0.29) is 28.9 Å². The Kier molecular flexibility index (Phi) is 5.31. The van der Waals surface area contributed by atoms with E-state index >= 15 is 0 Å². The molecule has 0 unspecified atom stereocenters. The van der Waals surface area contributed by atoms with Gasteiger partial charge in [-0.3, -0.25) is 14.2 Å². The summed E-state index contributed by atoms with van der Waals surface area (Å²) in [5.41, 5.74) is 10.2. The van der Waals surface area contributed by atoms with Crippen LogP contribution in [0.25, 0.3) is 22.0 Å². The van der Waals surface area contributed by atoms with Crippen molar-refractivity contribution >= 4 is 38.2 Å². The number of nitrogens with two attached hydrogens (primary N) is 1. The molecule has 3 heterocycles. The molecule has 2 aliphatic heterocycles. The number of nitrogens with zero attached hydrogens (tertiary/aromatic N) is 1. The Hall–Kier alpha value is -3.13. The van der Waals surface area contributed by atoms with Gasteiger partial charge in [0, 0.05) is 34.8 Å². The lowest BCUT2D eigenvalue weighted by atomic mass is 9.80. The molecule has 8 heteroatoms. The molecule has 0 atom stereocenters. The van der Waals surface area contributed by atoms with Gasteiger partial charge in [-0.1, -0.05) is 38.1 Å². The van der Waals surface area contributed by atoms with E-state index in [0.29, 0.717) is 30.5 Å². The van der Waals surface area contributed by atoms with Gasteiger partial charge in [0.15, 0.2) is 0 Å². The Bertz CT molecular complexity index is 1420. The maximum atomic E-state index is 13.1. The highest BCUT2D eigenvalue weighted by Crippen LogP contribution is 2.43. The molecule has 1 fully saturated rings. The number of amides is 1. The van der Waals surface area contributed by atoms with Crippen molar-refractivity contribution in [2.45, 2.75) is 45.6 Å². The van der Waals surface area contributed by atoms with E-state index in [1.54, 1.807) is 6.07 Å². The van der Waals surface area contributed by atoms with E-state index < -0.39 is 15.7 Å². The number of aromatic nitrogens is 1. The molecular formula is C26H29N3O4S. The second-order valence-corrected chi connectivity index (χ2v) is 12.6. The van der Waals surface area contributed by atoms with E-state index in [0.717, 1.165) is 34.1 Å². The van der Waals surface area contributed by atoms with Crippen molar-refractivity contribution in [1.29, 1.82) is 0 Å². The summed E-state index contributed by atoms with van der Waals surface area (Å²) in [6.07, 6.45) is 2.20. The lowest BCUT2D eigenvalue weighted by Crippen LogP contribution is -2.33. The second-order valence-electron chi connectivity index (χ2n) is 10.3. The Morgan fingerprint density at radius 1 is 1.09 bits per heavy atom. The van der Waals surface area contributed by atoms with E-state index in [1.165, 1.54) is 0 Å². The van der Waals surface area contributed by atoms with Crippen LogP contribution in [0.4, 0.5) is 5.69 Å². The van der Waals surface area contributed by atoms with E-state index in [1.807, 2.05) is 41.0 Å². The number of hydrogen-bond acceptors (Lipinski definition) is 5. The summed E-state index contributed by atoms with van der Waals surface area (Å²) in [7, 11) is -3.00. The summed E-state index contributed by atoms with van der Waals surface area (Å²) in [6, 6.07) is 13.4. The summed E-state index contributed by atoms with van der Waals surface area (Å²) in [5, 5.41) is 4.38. The van der Waals surface area contributed by atoms with Gasteiger partial charge in [0.05, 0.1) is 22.6 Å². The number of primary amides is 1. The van der Waals surface area contributed by atoms with E-state index in [2.05, 4.69) is 19.2 Å². The quantitative estimate of drug-likeness (QED) is 0.587. The third kappa shape index (κ3) is 4.00. The molecule has 0 bridgehead atoms. The number of rotatable bonds is 4. The molecule has 7 nitrogen and oxygen atoms in total. The maximum Gasteiger partial charge on any atom is 0.250 e. The van der Waals surface area contributed by atoms with Gasteiger partial charge in [-0.2, -0.15) is 0 Å². The molecule has 2 aromatic carbocycles. The summed E-state index contributed by atoms with van der Waals surface area (Å²) in [5.74, 6) is -0.197. The SMILES string of the molecule is CC1(C)CC(=O)n2c(c(-c3ccc(C(N)=O)c(NC4CCS(=O)(=O)CC4)c3)c3ccccc32)C1. The van der Waals surface area contributed by atoms with E-state index in [4.69, 9.17) is 5.73 Å². The number of carbonyl (C=O) groups excluding carboxylic acids is 2. The van der Waals surface area contributed by atoms with Crippen LogP contribution in [0.3, 0.4) is 0 Å². The normalized spacial score (nSPS) is 19.6.